The van der Waals surface area contributed by atoms with Crippen LogP contribution in [0, 0.1) is 0 Å². The molecule has 7 heteroatoms. The number of rotatable bonds is 3. The zero-order valence-corrected chi connectivity index (χ0v) is 10.0. The third-order valence-corrected chi connectivity index (χ3v) is 5.15. The van der Waals surface area contributed by atoms with Gasteiger partial charge in [-0.25, -0.2) is 13.4 Å². The molecule has 0 saturated carbocycles. The van der Waals surface area contributed by atoms with Gasteiger partial charge in [0.1, 0.15) is 5.82 Å². The van der Waals surface area contributed by atoms with Gasteiger partial charge in [0.25, 0.3) is 0 Å². The van der Waals surface area contributed by atoms with Gasteiger partial charge in [0, 0.05) is 32.0 Å². The molecule has 16 heavy (non-hydrogen) atoms. The molecule has 0 amide bonds. The molecule has 1 aliphatic heterocycles. The van der Waals surface area contributed by atoms with Gasteiger partial charge in [-0.05, 0) is 6.92 Å². The predicted octanol–water partition coefficient (Wildman–Crippen LogP) is -0.624. The van der Waals surface area contributed by atoms with Crippen LogP contribution >= 0.6 is 0 Å². The van der Waals surface area contributed by atoms with Crippen LogP contribution in [0.1, 0.15) is 12.7 Å². The van der Waals surface area contributed by atoms with Gasteiger partial charge in [0.2, 0.25) is 10.0 Å². The average Bonchev–Trinajstić information content (AvgIpc) is 2.74. The number of sulfonamides is 1. The number of hydrogen-bond donors (Lipinski definition) is 1. The lowest BCUT2D eigenvalue weighted by molar-refractivity contribution is 0.332. The van der Waals surface area contributed by atoms with E-state index < -0.39 is 15.3 Å². The predicted molar refractivity (Wildman–Crippen MR) is 60.1 cm³/mol. The second-order valence-electron chi connectivity index (χ2n) is 3.96. The number of hydrogen-bond acceptors (Lipinski definition) is 4. The molecule has 1 aromatic rings. The van der Waals surface area contributed by atoms with E-state index in [-0.39, 0.29) is 6.54 Å². The Bertz CT molecular complexity index is 468. The summed E-state index contributed by atoms with van der Waals surface area (Å²) in [6.07, 6.45) is 3.56. The highest BCUT2D eigenvalue weighted by Crippen LogP contribution is 2.16. The molecule has 0 saturated heterocycles. The first kappa shape index (κ1) is 11.6. The molecule has 0 radical (unpaired) electrons. The number of aromatic nitrogens is 2. The Kier molecular flexibility index (Phi) is 3.00. The summed E-state index contributed by atoms with van der Waals surface area (Å²) in [5.74, 6) is 0.791. The van der Waals surface area contributed by atoms with Crippen molar-refractivity contribution in [3.8, 4) is 0 Å². The van der Waals surface area contributed by atoms with E-state index in [1.165, 1.54) is 4.31 Å². The number of nitrogens with two attached hydrogens (primary N) is 1. The van der Waals surface area contributed by atoms with Crippen molar-refractivity contribution in [3.05, 3.63) is 18.2 Å². The minimum atomic E-state index is -3.28. The van der Waals surface area contributed by atoms with Gasteiger partial charge in [-0.3, -0.25) is 0 Å². The van der Waals surface area contributed by atoms with E-state index in [4.69, 9.17) is 5.73 Å². The third kappa shape index (κ3) is 1.85. The summed E-state index contributed by atoms with van der Waals surface area (Å²) >= 11 is 0. The van der Waals surface area contributed by atoms with E-state index in [0.717, 1.165) is 5.82 Å². The van der Waals surface area contributed by atoms with Gasteiger partial charge in [0.15, 0.2) is 0 Å². The molecule has 0 aromatic carbocycles. The molecular weight excluding hydrogens is 228 g/mol. The first-order chi connectivity index (χ1) is 7.55. The Morgan fingerprint density at radius 2 is 2.31 bits per heavy atom. The van der Waals surface area contributed by atoms with E-state index in [0.29, 0.717) is 19.6 Å². The van der Waals surface area contributed by atoms with Gasteiger partial charge in [-0.1, -0.05) is 0 Å². The normalized spacial score (nSPS) is 19.4. The fourth-order valence-corrected chi connectivity index (χ4v) is 3.13. The molecule has 1 aliphatic rings. The van der Waals surface area contributed by atoms with E-state index in [1.54, 1.807) is 13.1 Å². The van der Waals surface area contributed by atoms with Crippen molar-refractivity contribution in [3.63, 3.8) is 0 Å². The van der Waals surface area contributed by atoms with E-state index in [1.807, 2.05) is 10.8 Å². The van der Waals surface area contributed by atoms with Crippen LogP contribution in [0.25, 0.3) is 0 Å². The lowest BCUT2D eigenvalue weighted by Crippen LogP contribution is -2.44. The van der Waals surface area contributed by atoms with Gasteiger partial charge in [-0.2, -0.15) is 4.31 Å². The van der Waals surface area contributed by atoms with Crippen LogP contribution in [-0.4, -0.2) is 40.6 Å². The van der Waals surface area contributed by atoms with E-state index >= 15 is 0 Å². The van der Waals surface area contributed by atoms with Crippen LogP contribution < -0.4 is 5.73 Å². The molecule has 0 bridgehead atoms. The van der Waals surface area contributed by atoms with Crippen LogP contribution in [0.15, 0.2) is 12.4 Å². The summed E-state index contributed by atoms with van der Waals surface area (Å²) in [7, 11) is -3.28. The van der Waals surface area contributed by atoms with Crippen molar-refractivity contribution in [1.82, 2.24) is 13.9 Å². The zero-order valence-electron chi connectivity index (χ0n) is 9.20. The van der Waals surface area contributed by atoms with Crippen LogP contribution in [-0.2, 0) is 23.1 Å². The summed E-state index contributed by atoms with van der Waals surface area (Å²) in [6.45, 7) is 3.28. The van der Waals surface area contributed by atoms with E-state index in [2.05, 4.69) is 4.98 Å². The molecular formula is C9H16N4O2S. The highest BCUT2D eigenvalue weighted by molar-refractivity contribution is 7.89. The lowest BCUT2D eigenvalue weighted by atomic mass is 10.4. The summed E-state index contributed by atoms with van der Waals surface area (Å²) in [4.78, 5) is 4.13. The lowest BCUT2D eigenvalue weighted by Gasteiger charge is -2.29. The van der Waals surface area contributed by atoms with Crippen molar-refractivity contribution >= 4 is 10.0 Å². The molecule has 2 N–H and O–H groups in total. The summed E-state index contributed by atoms with van der Waals surface area (Å²) in [5.41, 5.74) is 5.41. The number of fused-ring (bicyclic) bond motifs is 1. The SMILES string of the molecule is CC(CN)S(=O)(=O)N1CCn2ccnc2C1. The first-order valence-electron chi connectivity index (χ1n) is 5.24. The van der Waals surface area contributed by atoms with Crippen LogP contribution in [0.5, 0.6) is 0 Å². The second kappa shape index (κ2) is 4.15. The highest BCUT2D eigenvalue weighted by Gasteiger charge is 2.31. The molecule has 6 nitrogen and oxygen atoms in total. The van der Waals surface area contributed by atoms with Crippen molar-refractivity contribution in [2.45, 2.75) is 25.3 Å². The number of imidazole rings is 1. The summed E-state index contributed by atoms with van der Waals surface area (Å²) < 4.78 is 27.6. The van der Waals surface area contributed by atoms with Crippen molar-refractivity contribution in [1.29, 1.82) is 0 Å². The summed E-state index contributed by atoms with van der Waals surface area (Å²) in [5, 5.41) is -0.533. The standard InChI is InChI=1S/C9H16N4O2S/c1-8(6-10)16(14,15)13-5-4-12-3-2-11-9(12)7-13/h2-3,8H,4-7,10H2,1H3. The van der Waals surface area contributed by atoms with Crippen molar-refractivity contribution < 1.29 is 8.42 Å². The minimum Gasteiger partial charge on any atom is -0.333 e. The zero-order chi connectivity index (χ0) is 11.8. The van der Waals surface area contributed by atoms with Crippen LogP contribution in [0.3, 0.4) is 0 Å². The molecule has 2 heterocycles. The Morgan fingerprint density at radius 1 is 1.56 bits per heavy atom. The highest BCUT2D eigenvalue weighted by atomic mass is 32.2. The molecule has 0 aliphatic carbocycles. The Balaban J connectivity index is 2.21. The molecule has 0 fully saturated rings. The Hall–Kier alpha value is -0.920. The second-order valence-corrected chi connectivity index (χ2v) is 6.31. The maximum absolute atomic E-state index is 12.1. The van der Waals surface area contributed by atoms with Crippen LogP contribution in [0.4, 0.5) is 0 Å². The van der Waals surface area contributed by atoms with Crippen molar-refractivity contribution in [2.24, 2.45) is 5.73 Å². The molecule has 2 rings (SSSR count). The average molecular weight is 244 g/mol. The summed E-state index contributed by atoms with van der Waals surface area (Å²) in [6, 6.07) is 0. The molecule has 1 atom stereocenters. The Labute approximate surface area is 95.1 Å². The quantitative estimate of drug-likeness (QED) is 0.768. The van der Waals surface area contributed by atoms with Crippen molar-refractivity contribution in [2.75, 3.05) is 13.1 Å². The third-order valence-electron chi connectivity index (χ3n) is 2.91. The fraction of sp³-hybridized carbons (Fsp3) is 0.667. The smallest absolute Gasteiger partial charge is 0.218 e. The maximum atomic E-state index is 12.1. The van der Waals surface area contributed by atoms with Crippen LogP contribution in [0.2, 0.25) is 0 Å². The van der Waals surface area contributed by atoms with E-state index in [9.17, 15) is 8.42 Å². The van der Waals surface area contributed by atoms with Gasteiger partial charge in [-0.15, -0.1) is 0 Å². The molecule has 1 unspecified atom stereocenters. The van der Waals surface area contributed by atoms with Gasteiger partial charge >= 0.3 is 0 Å². The van der Waals surface area contributed by atoms with Gasteiger partial charge < -0.3 is 10.3 Å². The Morgan fingerprint density at radius 3 is 3.00 bits per heavy atom. The largest absolute Gasteiger partial charge is 0.333 e. The number of nitrogens with zero attached hydrogens (tertiary/aromatic N) is 3. The monoisotopic (exact) mass is 244 g/mol. The molecule has 1 aromatic heterocycles. The van der Waals surface area contributed by atoms with Gasteiger partial charge in [0.05, 0.1) is 11.8 Å². The minimum absolute atomic E-state index is 0.146. The first-order valence-corrected chi connectivity index (χ1v) is 6.75. The molecule has 90 valence electrons. The molecule has 0 spiro atoms. The topological polar surface area (TPSA) is 81.2 Å². The maximum Gasteiger partial charge on any atom is 0.218 e. The fourth-order valence-electron chi connectivity index (χ4n) is 1.74.